The van der Waals surface area contributed by atoms with Gasteiger partial charge in [-0.2, -0.15) is 0 Å². The molecule has 0 aromatic rings. The fraction of sp³-hybridized carbons (Fsp3) is 1.00. The van der Waals surface area contributed by atoms with E-state index in [0.29, 0.717) is 21.7 Å². The highest BCUT2D eigenvalue weighted by atomic mass is 14.7. The van der Waals surface area contributed by atoms with E-state index in [1.54, 1.807) is 109 Å². The summed E-state index contributed by atoms with van der Waals surface area (Å²) in [4.78, 5) is 0. The highest BCUT2D eigenvalue weighted by Crippen LogP contribution is 2.77. The lowest BCUT2D eigenvalue weighted by Crippen LogP contribution is -2.50. The van der Waals surface area contributed by atoms with E-state index < -0.39 is 0 Å². The Kier molecular flexibility index (Phi) is 9.62. The average Bonchev–Trinajstić information content (AvgIpc) is 3.61. The van der Waals surface area contributed by atoms with E-state index >= 15 is 0 Å². The lowest BCUT2D eigenvalue weighted by atomic mass is 9.46. The molecular formula is C49H84. The lowest BCUT2D eigenvalue weighted by Gasteiger charge is -2.59. The second-order valence-electron chi connectivity index (χ2n) is 23.1. The zero-order valence-corrected chi connectivity index (χ0v) is 34.5. The molecule has 0 radical (unpaired) electrons. The zero-order valence-electron chi connectivity index (χ0n) is 34.5. The smallest absolute Gasteiger partial charge is 0.0230 e. The molecule has 0 N–H and O–H groups in total. The second kappa shape index (κ2) is 13.1. The largest absolute Gasteiger partial charge is 0.0649 e. The SMILES string of the molecule is CCC(C)(CC)C1CC(C(C)(CC)CC)CC2(C1)C1CCC3CC(C(C)(C)C)CCC3C1C1C3C(CCC12)CC1CC2CCCCC2CC13. The second-order valence-corrected chi connectivity index (χ2v) is 23.1. The van der Waals surface area contributed by atoms with Crippen LogP contribution in [0.2, 0.25) is 0 Å². The third-order valence-electron chi connectivity index (χ3n) is 21.3. The van der Waals surface area contributed by atoms with Crippen LogP contribution < -0.4 is 0 Å². The summed E-state index contributed by atoms with van der Waals surface area (Å²) in [5.74, 6) is 15.9. The van der Waals surface area contributed by atoms with Gasteiger partial charge >= 0.3 is 0 Å². The molecular weight excluding hydrogens is 589 g/mol. The molecule has 8 fully saturated rings. The lowest BCUT2D eigenvalue weighted by molar-refractivity contribution is -0.0928. The van der Waals surface area contributed by atoms with E-state index in [0.717, 1.165) is 88.8 Å². The number of fused-ring (bicyclic) bond motifs is 12. The third-order valence-corrected chi connectivity index (χ3v) is 21.3. The molecule has 0 aliphatic heterocycles. The van der Waals surface area contributed by atoms with Crippen molar-refractivity contribution < 1.29 is 0 Å². The van der Waals surface area contributed by atoms with E-state index in [1.807, 2.05) is 0 Å². The number of rotatable bonds is 6. The van der Waals surface area contributed by atoms with Gasteiger partial charge in [0.2, 0.25) is 0 Å². The van der Waals surface area contributed by atoms with E-state index in [-0.39, 0.29) is 0 Å². The van der Waals surface area contributed by atoms with Crippen molar-refractivity contribution in [2.75, 3.05) is 0 Å². The van der Waals surface area contributed by atoms with Gasteiger partial charge in [0.15, 0.2) is 0 Å². The maximum atomic E-state index is 2.76. The minimum atomic E-state index is 0.494. The van der Waals surface area contributed by atoms with Gasteiger partial charge < -0.3 is 0 Å². The fourth-order valence-electron chi connectivity index (χ4n) is 17.7. The van der Waals surface area contributed by atoms with Crippen molar-refractivity contribution >= 4 is 0 Å². The Hall–Kier alpha value is 0. The maximum absolute atomic E-state index is 2.76. The molecule has 8 rings (SSSR count). The molecule has 15 atom stereocenters. The van der Waals surface area contributed by atoms with Crippen LogP contribution in [0, 0.1) is 110 Å². The highest BCUT2D eigenvalue weighted by molar-refractivity contribution is 5.19. The molecule has 280 valence electrons. The van der Waals surface area contributed by atoms with Gasteiger partial charge in [-0.1, -0.05) is 114 Å². The van der Waals surface area contributed by atoms with Crippen molar-refractivity contribution in [1.82, 2.24) is 0 Å². The summed E-state index contributed by atoms with van der Waals surface area (Å²) in [6.45, 7) is 23.6. The minimum absolute atomic E-state index is 0.494. The quantitative estimate of drug-likeness (QED) is 0.263. The highest BCUT2D eigenvalue weighted by Gasteiger charge is 2.70. The van der Waals surface area contributed by atoms with Gasteiger partial charge in [-0.05, 0) is 194 Å². The van der Waals surface area contributed by atoms with Crippen molar-refractivity contribution in [3.63, 3.8) is 0 Å². The molecule has 0 saturated heterocycles. The molecule has 0 amide bonds. The Morgan fingerprint density at radius 1 is 0.429 bits per heavy atom. The number of hydrogen-bond donors (Lipinski definition) is 0. The van der Waals surface area contributed by atoms with Crippen LogP contribution in [0.5, 0.6) is 0 Å². The molecule has 8 saturated carbocycles. The first kappa shape index (κ1) is 36.0. The summed E-state index contributed by atoms with van der Waals surface area (Å²) in [6, 6.07) is 0. The topological polar surface area (TPSA) is 0 Å². The van der Waals surface area contributed by atoms with Crippen molar-refractivity contribution in [3.8, 4) is 0 Å². The van der Waals surface area contributed by atoms with Crippen molar-refractivity contribution in [3.05, 3.63) is 0 Å². The van der Waals surface area contributed by atoms with Crippen molar-refractivity contribution in [2.45, 2.75) is 197 Å². The van der Waals surface area contributed by atoms with Crippen LogP contribution in [-0.2, 0) is 0 Å². The van der Waals surface area contributed by atoms with E-state index in [4.69, 9.17) is 0 Å². The molecule has 0 aromatic heterocycles. The summed E-state index contributed by atoms with van der Waals surface area (Å²) >= 11 is 0. The molecule has 15 unspecified atom stereocenters. The Labute approximate surface area is 306 Å². The van der Waals surface area contributed by atoms with Crippen molar-refractivity contribution in [1.29, 1.82) is 0 Å². The van der Waals surface area contributed by atoms with E-state index in [2.05, 4.69) is 62.3 Å². The van der Waals surface area contributed by atoms with Crippen LogP contribution in [-0.4, -0.2) is 0 Å². The maximum Gasteiger partial charge on any atom is -0.0230 e. The van der Waals surface area contributed by atoms with Gasteiger partial charge in [0.25, 0.3) is 0 Å². The minimum Gasteiger partial charge on any atom is -0.0649 e. The average molecular weight is 673 g/mol. The number of hydrogen-bond acceptors (Lipinski definition) is 0. The van der Waals surface area contributed by atoms with Crippen LogP contribution in [0.3, 0.4) is 0 Å². The third kappa shape index (κ3) is 5.66. The Morgan fingerprint density at radius 2 is 0.980 bits per heavy atom. The normalized spacial score (nSPS) is 49.8. The first-order valence-corrected chi connectivity index (χ1v) is 23.4. The fourth-order valence-corrected chi connectivity index (χ4v) is 17.7. The van der Waals surface area contributed by atoms with Crippen LogP contribution in [0.15, 0.2) is 0 Å². The van der Waals surface area contributed by atoms with Gasteiger partial charge in [-0.3, -0.25) is 0 Å². The van der Waals surface area contributed by atoms with Gasteiger partial charge in [-0.15, -0.1) is 0 Å². The van der Waals surface area contributed by atoms with Gasteiger partial charge in [0.1, 0.15) is 0 Å². The Morgan fingerprint density at radius 3 is 1.57 bits per heavy atom. The van der Waals surface area contributed by atoms with Crippen molar-refractivity contribution in [2.24, 2.45) is 110 Å². The summed E-state index contributed by atoms with van der Waals surface area (Å²) < 4.78 is 0. The molecule has 0 aromatic carbocycles. The van der Waals surface area contributed by atoms with Gasteiger partial charge in [-0.25, -0.2) is 0 Å². The standard InChI is InChI=1S/C49H84/c1-10-47(8,11-2)37-28-38(48(9,12-3)13-4)30-49(29-37)41-22-18-33-26-36(46(5,6)7)20-21-39(33)44(41)45-42(49)23-19-34-25-35-24-31-16-14-15-17-32(31)27-40(35)43(34)45/h31-45H,10-30H2,1-9H3. The first-order valence-electron chi connectivity index (χ1n) is 23.4. The molecule has 0 bridgehead atoms. The molecule has 49 heavy (non-hydrogen) atoms. The summed E-state index contributed by atoms with van der Waals surface area (Å²) in [7, 11) is 0. The zero-order chi connectivity index (χ0) is 34.5. The summed E-state index contributed by atoms with van der Waals surface area (Å²) in [5.41, 5.74) is 2.20. The van der Waals surface area contributed by atoms with Gasteiger partial charge in [0.05, 0.1) is 0 Å². The molecule has 1 spiro atoms. The first-order chi connectivity index (χ1) is 23.4. The molecule has 0 nitrogen and oxygen atoms in total. The van der Waals surface area contributed by atoms with Crippen LogP contribution in [0.25, 0.3) is 0 Å². The van der Waals surface area contributed by atoms with Crippen LogP contribution in [0.4, 0.5) is 0 Å². The Bertz CT molecular complexity index is 1120. The van der Waals surface area contributed by atoms with E-state index in [1.165, 1.54) is 25.7 Å². The molecule has 8 aliphatic carbocycles. The molecule has 0 heteroatoms. The summed E-state index contributed by atoms with van der Waals surface area (Å²) in [5, 5.41) is 0. The predicted octanol–water partition coefficient (Wildman–Crippen LogP) is 14.7. The van der Waals surface area contributed by atoms with E-state index in [9.17, 15) is 0 Å². The molecule has 0 heterocycles. The monoisotopic (exact) mass is 673 g/mol. The van der Waals surface area contributed by atoms with Gasteiger partial charge in [0, 0.05) is 0 Å². The van der Waals surface area contributed by atoms with Crippen LogP contribution >= 0.6 is 0 Å². The Balaban J connectivity index is 1.22. The predicted molar refractivity (Wildman–Crippen MR) is 210 cm³/mol. The van der Waals surface area contributed by atoms with Crippen LogP contribution in [0.1, 0.15) is 197 Å². The molecule has 8 aliphatic rings. The summed E-state index contributed by atoms with van der Waals surface area (Å²) in [6.07, 6.45) is 32.8.